The van der Waals surface area contributed by atoms with Gasteiger partial charge in [-0.2, -0.15) is 0 Å². The van der Waals surface area contributed by atoms with Crippen molar-refractivity contribution in [3.8, 4) is 0 Å². The summed E-state index contributed by atoms with van der Waals surface area (Å²) in [5, 5.41) is 1.21. The number of aryl methyl sites for hydroxylation is 2. The highest BCUT2D eigenvalue weighted by Gasteiger charge is 2.08. The van der Waals surface area contributed by atoms with Crippen LogP contribution in [0.15, 0.2) is 24.3 Å². The SMILES string of the molecule is CCCCc1ccc2nc(C)cc(C(C)N)c2c1. The fraction of sp³-hybridized carbons (Fsp3) is 0.438. The number of aromatic nitrogens is 1. The molecule has 1 aromatic heterocycles. The molecule has 18 heavy (non-hydrogen) atoms. The molecule has 2 rings (SSSR count). The topological polar surface area (TPSA) is 38.9 Å². The van der Waals surface area contributed by atoms with Gasteiger partial charge in [0.1, 0.15) is 0 Å². The van der Waals surface area contributed by atoms with Gasteiger partial charge in [0.25, 0.3) is 0 Å². The summed E-state index contributed by atoms with van der Waals surface area (Å²) in [6.45, 7) is 6.28. The maximum Gasteiger partial charge on any atom is 0.0708 e. The van der Waals surface area contributed by atoms with Gasteiger partial charge in [0.15, 0.2) is 0 Å². The van der Waals surface area contributed by atoms with Crippen molar-refractivity contribution in [1.82, 2.24) is 4.98 Å². The third-order valence-corrected chi connectivity index (χ3v) is 3.34. The van der Waals surface area contributed by atoms with E-state index < -0.39 is 0 Å². The smallest absolute Gasteiger partial charge is 0.0708 e. The van der Waals surface area contributed by atoms with Gasteiger partial charge in [0.05, 0.1) is 5.52 Å². The van der Waals surface area contributed by atoms with E-state index in [1.165, 1.54) is 29.4 Å². The fourth-order valence-electron chi connectivity index (χ4n) is 2.35. The summed E-state index contributed by atoms with van der Waals surface area (Å²) in [7, 11) is 0. The summed E-state index contributed by atoms with van der Waals surface area (Å²) >= 11 is 0. The van der Waals surface area contributed by atoms with Crippen LogP contribution in [0.3, 0.4) is 0 Å². The van der Waals surface area contributed by atoms with Crippen molar-refractivity contribution >= 4 is 10.9 Å². The summed E-state index contributed by atoms with van der Waals surface area (Å²) < 4.78 is 0. The summed E-state index contributed by atoms with van der Waals surface area (Å²) in [6, 6.07) is 8.73. The maximum absolute atomic E-state index is 6.07. The lowest BCUT2D eigenvalue weighted by atomic mass is 9.99. The zero-order valence-electron chi connectivity index (χ0n) is 11.5. The van der Waals surface area contributed by atoms with E-state index in [9.17, 15) is 0 Å². The van der Waals surface area contributed by atoms with Crippen molar-refractivity contribution in [3.05, 3.63) is 41.1 Å². The number of pyridine rings is 1. The monoisotopic (exact) mass is 242 g/mol. The molecule has 0 spiro atoms. The zero-order valence-corrected chi connectivity index (χ0v) is 11.5. The van der Waals surface area contributed by atoms with E-state index in [0.29, 0.717) is 0 Å². The quantitative estimate of drug-likeness (QED) is 0.883. The van der Waals surface area contributed by atoms with Crippen LogP contribution in [-0.2, 0) is 6.42 Å². The molecule has 96 valence electrons. The first-order valence-corrected chi connectivity index (χ1v) is 6.77. The minimum Gasteiger partial charge on any atom is -0.324 e. The fourth-order valence-corrected chi connectivity index (χ4v) is 2.35. The Morgan fingerprint density at radius 2 is 2.06 bits per heavy atom. The number of hydrogen-bond donors (Lipinski definition) is 1. The molecule has 0 aliphatic heterocycles. The Bertz CT molecular complexity index is 544. The molecule has 1 atom stereocenters. The number of benzene rings is 1. The van der Waals surface area contributed by atoms with Crippen LogP contribution in [0.4, 0.5) is 0 Å². The molecule has 0 aliphatic rings. The van der Waals surface area contributed by atoms with Crippen LogP contribution in [0.25, 0.3) is 10.9 Å². The highest BCUT2D eigenvalue weighted by molar-refractivity contribution is 5.83. The van der Waals surface area contributed by atoms with Crippen LogP contribution in [0, 0.1) is 6.92 Å². The minimum absolute atomic E-state index is 0.0515. The molecule has 1 heterocycles. The summed E-state index contributed by atoms with van der Waals surface area (Å²) in [4.78, 5) is 4.58. The maximum atomic E-state index is 6.07. The first-order valence-electron chi connectivity index (χ1n) is 6.77. The van der Waals surface area contributed by atoms with Gasteiger partial charge in [-0.15, -0.1) is 0 Å². The van der Waals surface area contributed by atoms with Gasteiger partial charge < -0.3 is 5.73 Å². The molecule has 1 aromatic carbocycles. The first-order chi connectivity index (χ1) is 8.61. The lowest BCUT2D eigenvalue weighted by molar-refractivity contribution is 0.794. The van der Waals surface area contributed by atoms with Gasteiger partial charge in [-0.3, -0.25) is 4.98 Å². The molecular weight excluding hydrogens is 220 g/mol. The van der Waals surface area contributed by atoms with Crippen molar-refractivity contribution in [1.29, 1.82) is 0 Å². The van der Waals surface area contributed by atoms with E-state index >= 15 is 0 Å². The molecule has 0 amide bonds. The molecular formula is C16H22N2. The first kappa shape index (κ1) is 13.0. The van der Waals surface area contributed by atoms with E-state index in [2.05, 4.69) is 36.2 Å². The van der Waals surface area contributed by atoms with Gasteiger partial charge in [0, 0.05) is 17.1 Å². The predicted molar refractivity (Wildman–Crippen MR) is 77.7 cm³/mol. The van der Waals surface area contributed by atoms with Crippen molar-refractivity contribution < 1.29 is 0 Å². The summed E-state index contributed by atoms with van der Waals surface area (Å²) in [6.07, 6.45) is 3.60. The molecule has 2 heteroatoms. The Kier molecular flexibility index (Phi) is 3.97. The third-order valence-electron chi connectivity index (χ3n) is 3.34. The molecule has 0 saturated carbocycles. The van der Waals surface area contributed by atoms with E-state index in [0.717, 1.165) is 17.6 Å². The van der Waals surface area contributed by atoms with E-state index in [1.54, 1.807) is 0 Å². The molecule has 0 saturated heterocycles. The third kappa shape index (κ3) is 2.70. The van der Waals surface area contributed by atoms with Crippen molar-refractivity contribution in [3.63, 3.8) is 0 Å². The van der Waals surface area contributed by atoms with Gasteiger partial charge in [-0.05, 0) is 56.0 Å². The summed E-state index contributed by atoms with van der Waals surface area (Å²) in [5.41, 5.74) is 10.8. The molecule has 0 fully saturated rings. The number of hydrogen-bond acceptors (Lipinski definition) is 2. The second-order valence-corrected chi connectivity index (χ2v) is 5.10. The zero-order chi connectivity index (χ0) is 13.1. The Labute approximate surface area is 109 Å². The number of unbranched alkanes of at least 4 members (excludes halogenated alkanes) is 1. The molecule has 2 N–H and O–H groups in total. The van der Waals surface area contributed by atoms with E-state index in [1.807, 2.05) is 13.8 Å². The largest absolute Gasteiger partial charge is 0.324 e. The highest BCUT2D eigenvalue weighted by Crippen LogP contribution is 2.24. The molecule has 0 aliphatic carbocycles. The van der Waals surface area contributed by atoms with E-state index in [-0.39, 0.29) is 6.04 Å². The van der Waals surface area contributed by atoms with Crippen molar-refractivity contribution in [2.45, 2.75) is 46.1 Å². The van der Waals surface area contributed by atoms with Gasteiger partial charge in [0.2, 0.25) is 0 Å². The van der Waals surface area contributed by atoms with Crippen molar-refractivity contribution in [2.24, 2.45) is 5.73 Å². The molecule has 2 aromatic rings. The van der Waals surface area contributed by atoms with Crippen LogP contribution in [0.5, 0.6) is 0 Å². The van der Waals surface area contributed by atoms with E-state index in [4.69, 9.17) is 5.73 Å². The van der Waals surface area contributed by atoms with Crippen LogP contribution < -0.4 is 5.73 Å². The Hall–Kier alpha value is -1.41. The Balaban J connectivity index is 2.52. The Morgan fingerprint density at radius 1 is 1.28 bits per heavy atom. The summed E-state index contributed by atoms with van der Waals surface area (Å²) in [5.74, 6) is 0. The molecule has 0 radical (unpaired) electrons. The number of rotatable bonds is 4. The lowest BCUT2D eigenvalue weighted by Crippen LogP contribution is -2.07. The normalized spacial score (nSPS) is 12.9. The van der Waals surface area contributed by atoms with Crippen molar-refractivity contribution in [2.75, 3.05) is 0 Å². The standard InChI is InChI=1S/C16H22N2/c1-4-5-6-13-7-8-16-15(10-13)14(12(3)17)9-11(2)18-16/h7-10,12H,4-6,17H2,1-3H3. The van der Waals surface area contributed by atoms with Crippen LogP contribution in [-0.4, -0.2) is 4.98 Å². The number of nitrogens with two attached hydrogens (primary N) is 1. The highest BCUT2D eigenvalue weighted by atomic mass is 14.7. The second kappa shape index (κ2) is 5.49. The average molecular weight is 242 g/mol. The molecule has 0 bridgehead atoms. The van der Waals surface area contributed by atoms with Crippen LogP contribution in [0.1, 0.15) is 49.6 Å². The van der Waals surface area contributed by atoms with Gasteiger partial charge >= 0.3 is 0 Å². The molecule has 1 unspecified atom stereocenters. The minimum atomic E-state index is 0.0515. The van der Waals surface area contributed by atoms with Gasteiger partial charge in [-0.25, -0.2) is 0 Å². The van der Waals surface area contributed by atoms with Crippen LogP contribution >= 0.6 is 0 Å². The number of fused-ring (bicyclic) bond motifs is 1. The number of nitrogens with zero attached hydrogens (tertiary/aromatic N) is 1. The van der Waals surface area contributed by atoms with Crippen LogP contribution in [0.2, 0.25) is 0 Å². The predicted octanol–water partition coefficient (Wildman–Crippen LogP) is 3.91. The average Bonchev–Trinajstić information content (AvgIpc) is 2.35. The van der Waals surface area contributed by atoms with Gasteiger partial charge in [-0.1, -0.05) is 19.4 Å². The molecule has 2 nitrogen and oxygen atoms in total. The second-order valence-electron chi connectivity index (χ2n) is 5.10. The lowest BCUT2D eigenvalue weighted by Gasteiger charge is -2.12. The Morgan fingerprint density at radius 3 is 2.72 bits per heavy atom.